The molecule has 2 aromatic carbocycles. The second kappa shape index (κ2) is 9.99. The molecule has 2 aliphatic rings. The fraction of sp³-hybridized carbons (Fsp3) is 0.500. The maximum absolute atomic E-state index is 12.8. The molecule has 1 aliphatic heterocycles. The summed E-state index contributed by atoms with van der Waals surface area (Å²) in [6, 6.07) is 10.4. The van der Waals surface area contributed by atoms with E-state index in [1.54, 1.807) is 36.4 Å². The Balaban J connectivity index is 1.38. The van der Waals surface area contributed by atoms with Crippen molar-refractivity contribution in [3.8, 4) is 17.2 Å². The minimum Gasteiger partial charge on any atom is -0.493 e. The van der Waals surface area contributed by atoms with Crippen molar-refractivity contribution in [3.63, 3.8) is 0 Å². The quantitative estimate of drug-likeness (QED) is 0.429. The molecule has 0 radical (unpaired) electrons. The molecule has 0 saturated heterocycles. The van der Waals surface area contributed by atoms with E-state index in [-0.39, 0.29) is 5.78 Å². The molecule has 1 unspecified atom stereocenters. The van der Waals surface area contributed by atoms with E-state index in [0.29, 0.717) is 64.2 Å². The van der Waals surface area contributed by atoms with Crippen LogP contribution in [-0.4, -0.2) is 23.5 Å². The van der Waals surface area contributed by atoms with Crippen molar-refractivity contribution in [1.29, 1.82) is 0 Å². The molecule has 182 valence electrons. The first kappa shape index (κ1) is 24.6. The predicted molar refractivity (Wildman–Crippen MR) is 132 cm³/mol. The van der Waals surface area contributed by atoms with Gasteiger partial charge in [0.25, 0.3) is 0 Å². The molecule has 1 N–H and O–H groups in total. The number of halogens is 1. The van der Waals surface area contributed by atoms with Crippen LogP contribution in [0.15, 0.2) is 36.4 Å². The van der Waals surface area contributed by atoms with Gasteiger partial charge in [0.1, 0.15) is 17.2 Å². The molecule has 0 bridgehead atoms. The van der Waals surface area contributed by atoms with Gasteiger partial charge in [0.15, 0.2) is 5.78 Å². The lowest BCUT2D eigenvalue weighted by Crippen LogP contribution is -2.26. The molecule has 1 saturated carbocycles. The lowest BCUT2D eigenvalue weighted by Gasteiger charge is -2.36. The molecule has 1 aliphatic carbocycles. The van der Waals surface area contributed by atoms with E-state index in [0.717, 1.165) is 18.8 Å². The van der Waals surface area contributed by atoms with Crippen molar-refractivity contribution >= 4 is 23.4 Å². The van der Waals surface area contributed by atoms with Gasteiger partial charge in [0.2, 0.25) is 0 Å². The summed E-state index contributed by atoms with van der Waals surface area (Å²) >= 11 is 6.38. The second-order valence-corrected chi connectivity index (χ2v) is 11.1. The van der Waals surface area contributed by atoms with E-state index >= 15 is 0 Å². The molecule has 2 aromatic rings. The third kappa shape index (κ3) is 5.57. The van der Waals surface area contributed by atoms with Crippen molar-refractivity contribution in [2.45, 2.75) is 65.2 Å². The Morgan fingerprint density at radius 1 is 1.06 bits per heavy atom. The molecular weight excluding hydrogens is 452 g/mol. The lowest BCUT2D eigenvalue weighted by molar-refractivity contribution is -0.139. The molecule has 1 atom stereocenters. The topological polar surface area (TPSA) is 72.8 Å². The molecule has 0 spiro atoms. The van der Waals surface area contributed by atoms with E-state index in [1.165, 1.54) is 12.8 Å². The van der Waals surface area contributed by atoms with Crippen LogP contribution in [-0.2, 0) is 4.79 Å². The summed E-state index contributed by atoms with van der Waals surface area (Å²) in [5.74, 6) is 1.27. The highest BCUT2D eigenvalue weighted by molar-refractivity contribution is 6.32. The largest absolute Gasteiger partial charge is 0.493 e. The monoisotopic (exact) mass is 484 g/mol. The summed E-state index contributed by atoms with van der Waals surface area (Å²) in [5.41, 5.74) is 1.60. The van der Waals surface area contributed by atoms with Gasteiger partial charge >= 0.3 is 5.97 Å². The number of ether oxygens (including phenoxy) is 2. The predicted octanol–water partition coefficient (Wildman–Crippen LogP) is 7.51. The fourth-order valence-electron chi connectivity index (χ4n) is 5.17. The minimum absolute atomic E-state index is 0.172. The molecule has 6 heteroatoms. The van der Waals surface area contributed by atoms with Gasteiger partial charge < -0.3 is 14.6 Å². The molecule has 0 aromatic heterocycles. The number of hydrogen-bond acceptors (Lipinski definition) is 4. The first-order valence-electron chi connectivity index (χ1n) is 12.1. The van der Waals surface area contributed by atoms with Crippen molar-refractivity contribution in [3.05, 3.63) is 52.5 Å². The number of carboxylic acid groups (broad SMARTS) is 1. The summed E-state index contributed by atoms with van der Waals surface area (Å²) in [6.45, 7) is 7.26. The third-order valence-corrected chi connectivity index (χ3v) is 7.65. The van der Waals surface area contributed by atoms with Gasteiger partial charge in [-0.3, -0.25) is 9.59 Å². The number of rotatable bonds is 6. The summed E-state index contributed by atoms with van der Waals surface area (Å²) in [6.07, 6.45) is 5.65. The molecule has 1 heterocycles. The number of carbonyl (C=O) groups excluding carboxylic acids is 1. The Kier molecular flexibility index (Phi) is 7.22. The van der Waals surface area contributed by atoms with Crippen LogP contribution < -0.4 is 9.47 Å². The second-order valence-electron chi connectivity index (χ2n) is 10.7. The minimum atomic E-state index is -0.892. The van der Waals surface area contributed by atoms with Crippen LogP contribution in [0.1, 0.15) is 81.1 Å². The van der Waals surface area contributed by atoms with Crippen LogP contribution in [0.25, 0.3) is 0 Å². The lowest BCUT2D eigenvalue weighted by atomic mass is 9.69. The maximum Gasteiger partial charge on any atom is 0.311 e. The molecule has 0 amide bonds. The van der Waals surface area contributed by atoms with Crippen LogP contribution in [0, 0.1) is 17.3 Å². The number of ketones is 1. The van der Waals surface area contributed by atoms with Gasteiger partial charge in [-0.1, -0.05) is 32.4 Å². The average Bonchev–Trinajstić information content (AvgIpc) is 2.79. The molecular formula is C28H33ClO5. The zero-order valence-electron chi connectivity index (χ0n) is 20.1. The summed E-state index contributed by atoms with van der Waals surface area (Å²) in [5, 5.41) is 9.76. The molecule has 4 rings (SSSR count). The zero-order valence-corrected chi connectivity index (χ0v) is 20.9. The van der Waals surface area contributed by atoms with Gasteiger partial charge in [-0.15, -0.1) is 0 Å². The Morgan fingerprint density at radius 2 is 1.74 bits per heavy atom. The first-order chi connectivity index (χ1) is 16.1. The summed E-state index contributed by atoms with van der Waals surface area (Å²) in [7, 11) is 0. The number of fused-ring (bicyclic) bond motifs is 1. The highest BCUT2D eigenvalue weighted by Crippen LogP contribution is 2.43. The van der Waals surface area contributed by atoms with Gasteiger partial charge in [-0.05, 0) is 79.7 Å². The molecule has 5 nitrogen and oxygen atoms in total. The first-order valence-corrected chi connectivity index (χ1v) is 12.5. The number of Topliss-reactive ketones (excluding diaryl/α,β-unsaturated/α-hetero) is 1. The maximum atomic E-state index is 12.8. The standard InChI is InChI=1S/C28H33ClO5/c1-28(2,3)19-8-4-17(5-9-19)14-24(30)18-6-10-20(11-7-18)34-26-16-25-22(15-23(26)29)21(27(31)32)12-13-33-25/h6-7,10-11,15-17,19,21H,4-5,8-9,12-14H2,1-3H3,(H,31,32). The van der Waals surface area contributed by atoms with Gasteiger partial charge in [0, 0.05) is 23.6 Å². The van der Waals surface area contributed by atoms with Crippen LogP contribution in [0.2, 0.25) is 5.02 Å². The highest BCUT2D eigenvalue weighted by Gasteiger charge is 2.31. The van der Waals surface area contributed by atoms with Gasteiger partial charge in [0.05, 0.1) is 17.5 Å². The van der Waals surface area contributed by atoms with Crippen molar-refractivity contribution in [1.82, 2.24) is 0 Å². The number of carbonyl (C=O) groups is 2. The normalized spacial score (nSPS) is 22.4. The van der Waals surface area contributed by atoms with E-state index in [4.69, 9.17) is 21.1 Å². The van der Waals surface area contributed by atoms with Crippen LogP contribution in [0.4, 0.5) is 0 Å². The third-order valence-electron chi connectivity index (χ3n) is 7.35. The average molecular weight is 485 g/mol. The Hall–Kier alpha value is -2.53. The Bertz CT molecular complexity index is 1050. The van der Waals surface area contributed by atoms with E-state index in [1.807, 2.05) is 0 Å². The highest BCUT2D eigenvalue weighted by atomic mass is 35.5. The van der Waals surface area contributed by atoms with E-state index in [9.17, 15) is 14.7 Å². The SMILES string of the molecule is CC(C)(C)C1CCC(CC(=O)c2ccc(Oc3cc4c(cc3Cl)C(C(=O)O)CCO4)cc2)CC1. The number of hydrogen-bond donors (Lipinski definition) is 1. The summed E-state index contributed by atoms with van der Waals surface area (Å²) in [4.78, 5) is 24.3. The van der Waals surface area contributed by atoms with E-state index < -0.39 is 11.9 Å². The molecule has 1 fully saturated rings. The summed E-state index contributed by atoms with van der Waals surface area (Å²) < 4.78 is 11.6. The zero-order chi connectivity index (χ0) is 24.5. The van der Waals surface area contributed by atoms with Crippen molar-refractivity contribution in [2.24, 2.45) is 17.3 Å². The van der Waals surface area contributed by atoms with Crippen LogP contribution in [0.5, 0.6) is 17.2 Å². The van der Waals surface area contributed by atoms with Crippen molar-refractivity contribution in [2.75, 3.05) is 6.61 Å². The molecule has 34 heavy (non-hydrogen) atoms. The number of aliphatic carboxylic acids is 1. The van der Waals surface area contributed by atoms with E-state index in [2.05, 4.69) is 20.8 Å². The van der Waals surface area contributed by atoms with Gasteiger partial charge in [-0.2, -0.15) is 0 Å². The number of carboxylic acids is 1. The van der Waals surface area contributed by atoms with Crippen molar-refractivity contribution < 1.29 is 24.2 Å². The smallest absolute Gasteiger partial charge is 0.311 e. The van der Waals surface area contributed by atoms with Gasteiger partial charge in [-0.25, -0.2) is 0 Å². The van der Waals surface area contributed by atoms with Crippen LogP contribution >= 0.6 is 11.6 Å². The fourth-order valence-corrected chi connectivity index (χ4v) is 5.38. The number of benzene rings is 2. The Morgan fingerprint density at radius 3 is 2.35 bits per heavy atom. The Labute approximate surface area is 206 Å². The van der Waals surface area contributed by atoms with Crippen LogP contribution in [0.3, 0.4) is 0 Å².